The minimum Gasteiger partial charge on any atom is -0.481 e. The van der Waals surface area contributed by atoms with Crippen LogP contribution in [0.5, 0.6) is 11.8 Å². The molecule has 1 atom stereocenters. The van der Waals surface area contributed by atoms with Crippen molar-refractivity contribution in [2.24, 2.45) is 0 Å². The van der Waals surface area contributed by atoms with Crippen molar-refractivity contribution in [3.8, 4) is 24.1 Å². The molecule has 0 aliphatic rings. The molecule has 0 aliphatic heterocycles. The Balaban J connectivity index is 3.12. The van der Waals surface area contributed by atoms with E-state index in [4.69, 9.17) is 15.9 Å². The van der Waals surface area contributed by atoms with Crippen molar-refractivity contribution in [2.75, 3.05) is 14.2 Å². The van der Waals surface area contributed by atoms with E-state index in [2.05, 4.69) is 10.9 Å². The van der Waals surface area contributed by atoms with Gasteiger partial charge in [-0.2, -0.15) is 4.98 Å². The fraction of sp³-hybridized carbons (Fsp3) is 0.300. The largest absolute Gasteiger partial charge is 0.481 e. The molecule has 1 aromatic rings. The van der Waals surface area contributed by atoms with E-state index in [1.807, 2.05) is 0 Å². The Kier molecular flexibility index (Phi) is 3.32. The SMILES string of the molecule is C#C[C@H](O)c1ccc(OC)nc1OC. The van der Waals surface area contributed by atoms with Gasteiger partial charge in [-0.3, -0.25) is 0 Å². The second-order valence-corrected chi connectivity index (χ2v) is 2.52. The van der Waals surface area contributed by atoms with Gasteiger partial charge >= 0.3 is 0 Å². The third kappa shape index (κ3) is 1.95. The predicted molar refractivity (Wildman–Crippen MR) is 51.1 cm³/mol. The molecule has 0 bridgehead atoms. The second kappa shape index (κ2) is 4.49. The van der Waals surface area contributed by atoms with Crippen LogP contribution in [0, 0.1) is 12.3 Å². The lowest BCUT2D eigenvalue weighted by Gasteiger charge is -2.09. The van der Waals surface area contributed by atoms with E-state index in [1.54, 1.807) is 12.1 Å². The summed E-state index contributed by atoms with van der Waals surface area (Å²) in [5, 5.41) is 9.41. The summed E-state index contributed by atoms with van der Waals surface area (Å²) in [5.74, 6) is 2.87. The average Bonchev–Trinajstić information content (AvgIpc) is 2.27. The molecule has 14 heavy (non-hydrogen) atoms. The van der Waals surface area contributed by atoms with Crippen LogP contribution in [-0.4, -0.2) is 24.3 Å². The number of nitrogens with zero attached hydrogens (tertiary/aromatic N) is 1. The Hall–Kier alpha value is -1.73. The highest BCUT2D eigenvalue weighted by Crippen LogP contribution is 2.24. The van der Waals surface area contributed by atoms with Gasteiger partial charge in [-0.15, -0.1) is 6.42 Å². The van der Waals surface area contributed by atoms with Gasteiger partial charge in [0, 0.05) is 6.07 Å². The van der Waals surface area contributed by atoms with Gasteiger partial charge in [0.25, 0.3) is 0 Å². The van der Waals surface area contributed by atoms with Gasteiger partial charge in [0.1, 0.15) is 6.10 Å². The molecular formula is C10H11NO3. The third-order valence-corrected chi connectivity index (χ3v) is 1.72. The zero-order chi connectivity index (χ0) is 10.6. The summed E-state index contributed by atoms with van der Waals surface area (Å²) < 4.78 is 9.86. The fourth-order valence-electron chi connectivity index (χ4n) is 1.01. The van der Waals surface area contributed by atoms with Crippen molar-refractivity contribution in [1.82, 2.24) is 4.98 Å². The predicted octanol–water partition coefficient (Wildman–Crippen LogP) is 0.765. The van der Waals surface area contributed by atoms with E-state index in [1.165, 1.54) is 14.2 Å². The summed E-state index contributed by atoms with van der Waals surface area (Å²) in [5.41, 5.74) is 0.454. The molecule has 0 spiro atoms. The van der Waals surface area contributed by atoms with Crippen LogP contribution in [0.25, 0.3) is 0 Å². The number of methoxy groups -OCH3 is 2. The fourth-order valence-corrected chi connectivity index (χ4v) is 1.01. The van der Waals surface area contributed by atoms with E-state index in [-0.39, 0.29) is 5.88 Å². The highest BCUT2D eigenvalue weighted by Gasteiger charge is 2.12. The van der Waals surface area contributed by atoms with E-state index >= 15 is 0 Å². The van der Waals surface area contributed by atoms with Gasteiger partial charge in [-0.05, 0) is 6.07 Å². The molecule has 1 rings (SSSR count). The molecule has 0 unspecified atom stereocenters. The summed E-state index contributed by atoms with van der Waals surface area (Å²) in [7, 11) is 2.95. The number of aliphatic hydroxyl groups excluding tert-OH is 1. The van der Waals surface area contributed by atoms with Crippen LogP contribution in [0.3, 0.4) is 0 Å². The Morgan fingerprint density at radius 1 is 1.43 bits per heavy atom. The molecule has 1 aromatic heterocycles. The molecule has 1 heterocycles. The molecule has 4 nitrogen and oxygen atoms in total. The average molecular weight is 193 g/mol. The van der Waals surface area contributed by atoms with Crippen LogP contribution in [0.1, 0.15) is 11.7 Å². The van der Waals surface area contributed by atoms with Gasteiger partial charge in [-0.1, -0.05) is 5.92 Å². The number of terminal acetylenes is 1. The van der Waals surface area contributed by atoms with Crippen LogP contribution >= 0.6 is 0 Å². The summed E-state index contributed by atoms with van der Waals surface area (Å²) in [6.07, 6.45) is 4.07. The van der Waals surface area contributed by atoms with Gasteiger partial charge in [0.15, 0.2) is 0 Å². The molecule has 0 amide bonds. The summed E-state index contributed by atoms with van der Waals surface area (Å²) in [6.45, 7) is 0. The first-order valence-electron chi connectivity index (χ1n) is 3.96. The maximum Gasteiger partial charge on any atom is 0.223 e. The molecular weight excluding hydrogens is 182 g/mol. The van der Waals surface area contributed by atoms with E-state index in [0.717, 1.165) is 0 Å². The maximum atomic E-state index is 9.41. The first-order valence-corrected chi connectivity index (χ1v) is 3.96. The second-order valence-electron chi connectivity index (χ2n) is 2.52. The highest BCUT2D eigenvalue weighted by atomic mass is 16.5. The number of hydrogen-bond acceptors (Lipinski definition) is 4. The zero-order valence-corrected chi connectivity index (χ0v) is 8.02. The summed E-state index contributed by atoms with van der Waals surface area (Å²) in [6, 6.07) is 3.23. The molecule has 0 radical (unpaired) electrons. The van der Waals surface area contributed by atoms with Crippen molar-refractivity contribution in [3.63, 3.8) is 0 Å². The minimum absolute atomic E-state index is 0.273. The van der Waals surface area contributed by atoms with Crippen molar-refractivity contribution < 1.29 is 14.6 Å². The van der Waals surface area contributed by atoms with Crippen molar-refractivity contribution in [3.05, 3.63) is 17.7 Å². The Morgan fingerprint density at radius 2 is 2.14 bits per heavy atom. The third-order valence-electron chi connectivity index (χ3n) is 1.72. The maximum absolute atomic E-state index is 9.41. The molecule has 0 aromatic carbocycles. The lowest BCUT2D eigenvalue weighted by molar-refractivity contribution is 0.230. The number of rotatable bonds is 3. The standard InChI is InChI=1S/C10H11NO3/c1-4-8(12)7-5-6-9(13-2)11-10(7)14-3/h1,5-6,8,12H,2-3H3/t8-/m0/s1. The van der Waals surface area contributed by atoms with Crippen molar-refractivity contribution >= 4 is 0 Å². The molecule has 4 heteroatoms. The first kappa shape index (κ1) is 10.4. The smallest absolute Gasteiger partial charge is 0.223 e. The monoisotopic (exact) mass is 193 g/mol. The zero-order valence-electron chi connectivity index (χ0n) is 8.02. The van der Waals surface area contributed by atoms with Crippen molar-refractivity contribution in [2.45, 2.75) is 6.10 Å². The van der Waals surface area contributed by atoms with Crippen LogP contribution in [0.2, 0.25) is 0 Å². The summed E-state index contributed by atoms with van der Waals surface area (Å²) in [4.78, 5) is 3.98. The number of ether oxygens (including phenoxy) is 2. The normalized spacial score (nSPS) is 11.6. The topological polar surface area (TPSA) is 51.6 Å². The number of hydrogen-bond donors (Lipinski definition) is 1. The van der Waals surface area contributed by atoms with Crippen molar-refractivity contribution in [1.29, 1.82) is 0 Å². The molecule has 74 valence electrons. The van der Waals surface area contributed by atoms with Crippen LogP contribution in [0.4, 0.5) is 0 Å². The van der Waals surface area contributed by atoms with Gasteiger partial charge < -0.3 is 14.6 Å². The molecule has 0 aliphatic carbocycles. The van der Waals surface area contributed by atoms with E-state index in [9.17, 15) is 5.11 Å². The number of pyridine rings is 1. The van der Waals surface area contributed by atoms with E-state index in [0.29, 0.717) is 11.4 Å². The molecule has 0 saturated carbocycles. The lowest BCUT2D eigenvalue weighted by atomic mass is 10.1. The van der Waals surface area contributed by atoms with Crippen LogP contribution in [-0.2, 0) is 0 Å². The number of aliphatic hydroxyl groups is 1. The number of aromatic nitrogens is 1. The van der Waals surface area contributed by atoms with Crippen LogP contribution < -0.4 is 9.47 Å². The molecule has 0 saturated heterocycles. The van der Waals surface area contributed by atoms with Gasteiger partial charge in [0.05, 0.1) is 19.8 Å². The van der Waals surface area contributed by atoms with Gasteiger partial charge in [0.2, 0.25) is 11.8 Å². The summed E-state index contributed by atoms with van der Waals surface area (Å²) >= 11 is 0. The quantitative estimate of drug-likeness (QED) is 0.720. The molecule has 1 N–H and O–H groups in total. The molecule has 0 fully saturated rings. The lowest BCUT2D eigenvalue weighted by Crippen LogP contribution is -2.01. The minimum atomic E-state index is -1.01. The highest BCUT2D eigenvalue weighted by molar-refractivity contribution is 5.35. The van der Waals surface area contributed by atoms with E-state index < -0.39 is 6.10 Å². The van der Waals surface area contributed by atoms with Crippen LogP contribution in [0.15, 0.2) is 12.1 Å². The van der Waals surface area contributed by atoms with Gasteiger partial charge in [-0.25, -0.2) is 0 Å². The Labute approximate surface area is 82.5 Å². The first-order chi connectivity index (χ1) is 6.72. The Bertz CT molecular complexity index is 357. The Morgan fingerprint density at radius 3 is 2.64 bits per heavy atom.